The Balaban J connectivity index is 0.000000484. The first-order valence-electron chi connectivity index (χ1n) is 9.28. The molecule has 0 saturated carbocycles. The fraction of sp³-hybridized carbons (Fsp3) is 0.444. The lowest BCUT2D eigenvalue weighted by Gasteiger charge is -2.07. The van der Waals surface area contributed by atoms with Gasteiger partial charge in [-0.2, -0.15) is 42.1 Å². The van der Waals surface area contributed by atoms with Crippen LogP contribution in [0.1, 0.15) is 33.6 Å². The van der Waals surface area contributed by atoms with Crippen molar-refractivity contribution >= 4 is 45.5 Å². The second kappa shape index (κ2) is 14.7. The van der Waals surface area contributed by atoms with Gasteiger partial charge in [0, 0.05) is 35.0 Å². The largest absolute Gasteiger partial charge is 0.506 e. The van der Waals surface area contributed by atoms with Crippen molar-refractivity contribution in [1.82, 2.24) is 9.97 Å². The molecular formula is C18H28N2O10S4. The topological polar surface area (TPSA) is 215 Å². The molecule has 34 heavy (non-hydrogen) atoms. The number of nitrogens with zero attached hydrogens (tertiary/aromatic N) is 2. The summed E-state index contributed by atoms with van der Waals surface area (Å²) in [6, 6.07) is 0. The molecule has 6 N–H and O–H groups in total. The number of aliphatic hydroxyl groups is 2. The first-order valence-corrected chi connectivity index (χ1v) is 13.8. The van der Waals surface area contributed by atoms with E-state index in [0.717, 1.165) is 11.1 Å². The summed E-state index contributed by atoms with van der Waals surface area (Å²) in [6.07, 6.45) is 3.24. The molecule has 12 nitrogen and oxygen atoms in total. The van der Waals surface area contributed by atoms with Crippen molar-refractivity contribution in [3.8, 4) is 11.5 Å². The summed E-state index contributed by atoms with van der Waals surface area (Å²) in [7, 11) is -8.59. The predicted molar refractivity (Wildman–Crippen MR) is 131 cm³/mol. The van der Waals surface area contributed by atoms with Crippen molar-refractivity contribution in [2.24, 2.45) is 0 Å². The van der Waals surface area contributed by atoms with Crippen molar-refractivity contribution in [2.75, 3.05) is 11.5 Å². The monoisotopic (exact) mass is 560 g/mol. The third kappa shape index (κ3) is 11.7. The highest BCUT2D eigenvalue weighted by molar-refractivity contribution is 7.89. The number of rotatable bonds is 7. The quantitative estimate of drug-likeness (QED) is 0.174. The number of aromatic nitrogens is 2. The van der Waals surface area contributed by atoms with Crippen molar-refractivity contribution < 1.29 is 46.4 Å². The van der Waals surface area contributed by atoms with E-state index in [-0.39, 0.29) is 24.7 Å². The van der Waals surface area contributed by atoms with Gasteiger partial charge >= 0.3 is 0 Å². The number of hydrogen-bond acceptors (Lipinski definition) is 12. The second-order valence-electron chi connectivity index (χ2n) is 6.60. The Morgan fingerprint density at radius 3 is 1.24 bits per heavy atom. The molecule has 0 radical (unpaired) electrons. The SMILES string of the molecule is Cc1ncc(CS)c(CO)c1O.Cc1ncc(CS)c(CO)c1O.O=S(=O)(O)CCS(=O)(=O)O. The van der Waals surface area contributed by atoms with Crippen LogP contribution in [0.3, 0.4) is 0 Å². The minimum Gasteiger partial charge on any atom is -0.506 e. The van der Waals surface area contributed by atoms with Crippen molar-refractivity contribution in [1.29, 1.82) is 0 Å². The zero-order valence-corrected chi connectivity index (χ0v) is 21.7. The van der Waals surface area contributed by atoms with Gasteiger partial charge in [-0.25, -0.2) is 0 Å². The highest BCUT2D eigenvalue weighted by Gasteiger charge is 2.12. The van der Waals surface area contributed by atoms with Crippen LogP contribution in [0.4, 0.5) is 0 Å². The summed E-state index contributed by atoms with van der Waals surface area (Å²) in [5.74, 6) is -0.876. The third-order valence-electron chi connectivity index (χ3n) is 4.12. The van der Waals surface area contributed by atoms with Crippen LogP contribution in [0.15, 0.2) is 12.4 Å². The number of hydrogen-bond donors (Lipinski definition) is 8. The Hall–Kier alpha value is -1.66. The molecular weight excluding hydrogens is 532 g/mol. The van der Waals surface area contributed by atoms with Crippen LogP contribution in [0.2, 0.25) is 0 Å². The molecule has 0 aliphatic heterocycles. The van der Waals surface area contributed by atoms with Crippen molar-refractivity contribution in [3.05, 3.63) is 46.0 Å². The van der Waals surface area contributed by atoms with Crippen molar-refractivity contribution in [2.45, 2.75) is 38.6 Å². The Kier molecular flexibility index (Phi) is 14.0. The average molecular weight is 561 g/mol. The second-order valence-corrected chi connectivity index (χ2v) is 10.4. The molecule has 0 fully saturated rings. The average Bonchev–Trinajstić information content (AvgIpc) is 2.76. The first-order chi connectivity index (χ1) is 15.6. The highest BCUT2D eigenvalue weighted by Crippen LogP contribution is 2.25. The lowest BCUT2D eigenvalue weighted by molar-refractivity contribution is 0.273. The van der Waals surface area contributed by atoms with E-state index in [1.807, 2.05) is 0 Å². The summed E-state index contributed by atoms with van der Waals surface area (Å²) in [4.78, 5) is 7.90. The first kappa shape index (κ1) is 32.3. The number of aryl methyl sites for hydroxylation is 2. The van der Waals surface area contributed by atoms with E-state index < -0.39 is 31.7 Å². The molecule has 2 heterocycles. The van der Waals surface area contributed by atoms with Crippen LogP contribution in [0.5, 0.6) is 11.5 Å². The Morgan fingerprint density at radius 1 is 0.735 bits per heavy atom. The molecule has 0 aliphatic rings. The van der Waals surface area contributed by atoms with Crippen molar-refractivity contribution in [3.63, 3.8) is 0 Å². The highest BCUT2D eigenvalue weighted by atomic mass is 32.2. The van der Waals surface area contributed by atoms with Gasteiger partial charge in [0.05, 0.1) is 36.1 Å². The molecule has 0 bridgehead atoms. The van der Waals surface area contributed by atoms with E-state index in [2.05, 4.69) is 35.2 Å². The molecule has 2 aromatic heterocycles. The lowest BCUT2D eigenvalue weighted by atomic mass is 10.1. The number of aromatic hydroxyl groups is 2. The molecule has 194 valence electrons. The molecule has 0 aliphatic carbocycles. The normalized spacial score (nSPS) is 11.2. The zero-order chi connectivity index (χ0) is 26.7. The van der Waals surface area contributed by atoms with Crippen LogP contribution in [0, 0.1) is 13.8 Å². The minimum absolute atomic E-state index is 0.0732. The van der Waals surface area contributed by atoms with Crippen LogP contribution < -0.4 is 0 Å². The maximum atomic E-state index is 9.86. The maximum Gasteiger partial charge on any atom is 0.265 e. The molecule has 0 atom stereocenters. The summed E-state index contributed by atoms with van der Waals surface area (Å²) in [5, 5.41) is 36.8. The van der Waals surface area contributed by atoms with Crippen LogP contribution >= 0.6 is 25.3 Å². The standard InChI is InChI=1S/2C8H11NO2S.C2H6O6S2/c2*1-5-8(11)7(3-10)6(4-12)2-9-5;3-9(4,5)1-2-10(6,7)8/h2*2,10-12H,3-4H2,1H3;1-2H2,(H,3,4,5)(H,6,7,8). The summed E-state index contributed by atoms with van der Waals surface area (Å²) < 4.78 is 55.4. The predicted octanol–water partition coefficient (Wildman–Crippen LogP) is 0.797. The Labute approximate surface area is 209 Å². The van der Waals surface area contributed by atoms with Gasteiger partial charge in [0.25, 0.3) is 20.2 Å². The van der Waals surface area contributed by atoms with Gasteiger partial charge in [0.1, 0.15) is 11.5 Å². The third-order valence-corrected chi connectivity index (χ3v) is 6.50. The van der Waals surface area contributed by atoms with Gasteiger partial charge in [-0.3, -0.25) is 19.1 Å². The van der Waals surface area contributed by atoms with Gasteiger partial charge < -0.3 is 20.4 Å². The van der Waals surface area contributed by atoms with Crippen LogP contribution in [0.25, 0.3) is 0 Å². The van der Waals surface area contributed by atoms with E-state index >= 15 is 0 Å². The fourth-order valence-corrected chi connectivity index (χ4v) is 4.43. The summed E-state index contributed by atoms with van der Waals surface area (Å²) >= 11 is 8.11. The molecule has 0 aromatic carbocycles. The maximum absolute atomic E-state index is 9.86. The zero-order valence-electron chi connectivity index (χ0n) is 18.3. The minimum atomic E-state index is -4.30. The molecule has 0 saturated heterocycles. The molecule has 16 heteroatoms. The van der Waals surface area contributed by atoms with Gasteiger partial charge in [0.15, 0.2) is 0 Å². The van der Waals surface area contributed by atoms with Gasteiger partial charge in [-0.15, -0.1) is 0 Å². The van der Waals surface area contributed by atoms with E-state index in [4.69, 9.17) is 19.3 Å². The Morgan fingerprint density at radius 2 is 1.03 bits per heavy atom. The summed E-state index contributed by atoms with van der Waals surface area (Å²) in [5.41, 5.74) is 3.65. The number of pyridine rings is 2. The van der Waals surface area contributed by atoms with E-state index in [0.29, 0.717) is 34.0 Å². The van der Waals surface area contributed by atoms with Crippen LogP contribution in [-0.4, -0.2) is 67.8 Å². The lowest BCUT2D eigenvalue weighted by Crippen LogP contribution is -2.15. The molecule has 2 aromatic rings. The van der Waals surface area contributed by atoms with Crippen LogP contribution in [-0.2, 0) is 45.0 Å². The summed E-state index contributed by atoms with van der Waals surface area (Å²) in [6.45, 7) is 3.03. The number of thiol groups is 2. The molecule has 0 unspecified atom stereocenters. The van der Waals surface area contributed by atoms with Gasteiger partial charge in [-0.1, -0.05) is 0 Å². The molecule has 0 spiro atoms. The van der Waals surface area contributed by atoms with Gasteiger partial charge in [-0.05, 0) is 25.0 Å². The van der Waals surface area contributed by atoms with E-state index in [1.54, 1.807) is 26.2 Å². The Bertz CT molecular complexity index is 1060. The van der Waals surface area contributed by atoms with E-state index in [1.165, 1.54) is 0 Å². The number of aliphatic hydroxyl groups excluding tert-OH is 2. The smallest absolute Gasteiger partial charge is 0.265 e. The fourth-order valence-electron chi connectivity index (χ4n) is 2.20. The molecule has 0 amide bonds. The van der Waals surface area contributed by atoms with Gasteiger partial charge in [0.2, 0.25) is 0 Å². The molecule has 2 rings (SSSR count). The van der Waals surface area contributed by atoms with E-state index in [9.17, 15) is 27.0 Å².